The third-order valence-corrected chi connectivity index (χ3v) is 2.66. The number of carbonyl (C=O) groups is 1. The van der Waals surface area contributed by atoms with Gasteiger partial charge in [0.05, 0.1) is 0 Å². The van der Waals surface area contributed by atoms with Gasteiger partial charge in [0.1, 0.15) is 6.04 Å². The Hall–Kier alpha value is -0.870. The normalized spacial score (nSPS) is 12.5. The number of halogens is 1. The second kappa shape index (κ2) is 5.28. The minimum absolute atomic E-state index is 0.363. The van der Waals surface area contributed by atoms with Crippen molar-refractivity contribution in [3.63, 3.8) is 0 Å². The van der Waals surface area contributed by atoms with E-state index in [-0.39, 0.29) is 0 Å². The number of aliphatic carboxylic acids is 1. The summed E-state index contributed by atoms with van der Waals surface area (Å²) in [5.74, 6) is -0.965. The lowest BCUT2D eigenvalue weighted by Gasteiger charge is -2.08. The Morgan fingerprint density at radius 1 is 1.47 bits per heavy atom. The predicted molar refractivity (Wildman–Crippen MR) is 62.8 cm³/mol. The van der Waals surface area contributed by atoms with E-state index in [2.05, 4.69) is 22.9 Å². The number of benzene rings is 1. The minimum atomic E-state index is -0.965. The number of carboxylic acids is 1. The van der Waals surface area contributed by atoms with Crippen molar-refractivity contribution in [2.24, 2.45) is 5.73 Å². The van der Waals surface area contributed by atoms with Crippen LogP contribution in [0.25, 0.3) is 0 Å². The smallest absolute Gasteiger partial charge is 0.320 e. The van der Waals surface area contributed by atoms with Gasteiger partial charge in [-0.2, -0.15) is 0 Å². The number of hydrogen-bond acceptors (Lipinski definition) is 2. The van der Waals surface area contributed by atoms with E-state index in [1.54, 1.807) is 0 Å². The molecule has 0 fully saturated rings. The SMILES string of the molecule is CCc1cc(Br)cc(CC(N)C(=O)O)c1. The topological polar surface area (TPSA) is 63.3 Å². The average Bonchev–Trinajstić information content (AvgIpc) is 2.16. The number of carboxylic acid groups (broad SMARTS) is 1. The van der Waals surface area contributed by atoms with Crippen LogP contribution < -0.4 is 5.73 Å². The molecule has 0 bridgehead atoms. The van der Waals surface area contributed by atoms with Gasteiger partial charge in [0.2, 0.25) is 0 Å². The van der Waals surface area contributed by atoms with E-state index in [9.17, 15) is 4.79 Å². The summed E-state index contributed by atoms with van der Waals surface area (Å²) >= 11 is 3.39. The van der Waals surface area contributed by atoms with Crippen LogP contribution in [0, 0.1) is 0 Å². The number of aryl methyl sites for hydroxylation is 1. The van der Waals surface area contributed by atoms with E-state index in [0.717, 1.165) is 16.5 Å². The van der Waals surface area contributed by atoms with Crippen LogP contribution in [-0.4, -0.2) is 17.1 Å². The van der Waals surface area contributed by atoms with Crippen molar-refractivity contribution in [3.05, 3.63) is 33.8 Å². The Labute approximate surface area is 97.4 Å². The first-order chi connectivity index (χ1) is 7.02. The number of rotatable bonds is 4. The van der Waals surface area contributed by atoms with Gasteiger partial charge in [-0.1, -0.05) is 28.9 Å². The molecule has 1 aromatic carbocycles. The quantitative estimate of drug-likeness (QED) is 0.880. The zero-order chi connectivity index (χ0) is 11.4. The van der Waals surface area contributed by atoms with Gasteiger partial charge < -0.3 is 10.8 Å². The van der Waals surface area contributed by atoms with Crippen molar-refractivity contribution < 1.29 is 9.90 Å². The molecule has 0 heterocycles. The Kier molecular flexibility index (Phi) is 4.29. The Bertz CT molecular complexity index is 366. The van der Waals surface area contributed by atoms with E-state index in [4.69, 9.17) is 10.8 Å². The fourth-order valence-corrected chi connectivity index (χ4v) is 1.97. The Morgan fingerprint density at radius 2 is 2.07 bits per heavy atom. The summed E-state index contributed by atoms with van der Waals surface area (Å²) in [5.41, 5.74) is 7.61. The first-order valence-corrected chi connectivity index (χ1v) is 5.59. The molecule has 1 rings (SSSR count). The molecule has 0 spiro atoms. The van der Waals surface area contributed by atoms with Crippen LogP contribution in [0.15, 0.2) is 22.7 Å². The zero-order valence-electron chi connectivity index (χ0n) is 8.53. The molecule has 1 atom stereocenters. The average molecular weight is 272 g/mol. The van der Waals surface area contributed by atoms with Crippen molar-refractivity contribution in [2.75, 3.05) is 0 Å². The first-order valence-electron chi connectivity index (χ1n) is 4.79. The summed E-state index contributed by atoms with van der Waals surface area (Å²) in [6, 6.07) is 5.09. The largest absolute Gasteiger partial charge is 0.480 e. The molecule has 82 valence electrons. The molecule has 3 nitrogen and oxygen atoms in total. The van der Waals surface area contributed by atoms with E-state index in [0.29, 0.717) is 6.42 Å². The molecular formula is C11H14BrNO2. The second-order valence-electron chi connectivity index (χ2n) is 3.47. The molecule has 15 heavy (non-hydrogen) atoms. The molecule has 0 saturated carbocycles. The highest BCUT2D eigenvalue weighted by Crippen LogP contribution is 2.17. The monoisotopic (exact) mass is 271 g/mol. The summed E-state index contributed by atoms with van der Waals surface area (Å²) in [6.07, 6.45) is 1.29. The molecule has 0 saturated heterocycles. The van der Waals surface area contributed by atoms with Crippen molar-refractivity contribution >= 4 is 21.9 Å². The summed E-state index contributed by atoms with van der Waals surface area (Å²) in [6.45, 7) is 2.06. The van der Waals surface area contributed by atoms with Gasteiger partial charge in [0, 0.05) is 4.47 Å². The molecule has 0 aromatic heterocycles. The Morgan fingerprint density at radius 3 is 2.60 bits per heavy atom. The molecule has 1 unspecified atom stereocenters. The van der Waals surface area contributed by atoms with Crippen LogP contribution >= 0.6 is 15.9 Å². The predicted octanol–water partition coefficient (Wildman–Crippen LogP) is 1.97. The molecule has 0 aliphatic carbocycles. The summed E-state index contributed by atoms with van der Waals surface area (Å²) in [7, 11) is 0. The van der Waals surface area contributed by atoms with Crippen LogP contribution in [0.4, 0.5) is 0 Å². The van der Waals surface area contributed by atoms with Gasteiger partial charge in [0.25, 0.3) is 0 Å². The molecule has 0 aliphatic rings. The molecule has 4 heteroatoms. The van der Waals surface area contributed by atoms with Gasteiger partial charge in [-0.25, -0.2) is 0 Å². The Balaban J connectivity index is 2.85. The second-order valence-corrected chi connectivity index (χ2v) is 4.39. The van der Waals surface area contributed by atoms with Crippen molar-refractivity contribution in [1.29, 1.82) is 0 Å². The number of nitrogens with two attached hydrogens (primary N) is 1. The molecule has 0 aliphatic heterocycles. The van der Waals surface area contributed by atoms with Crippen molar-refractivity contribution in [2.45, 2.75) is 25.8 Å². The minimum Gasteiger partial charge on any atom is -0.480 e. The third kappa shape index (κ3) is 3.64. The lowest BCUT2D eigenvalue weighted by Crippen LogP contribution is -2.32. The van der Waals surface area contributed by atoms with Crippen LogP contribution in [0.5, 0.6) is 0 Å². The molecule has 1 aromatic rings. The van der Waals surface area contributed by atoms with Crippen molar-refractivity contribution in [3.8, 4) is 0 Å². The van der Waals surface area contributed by atoms with Gasteiger partial charge in [-0.15, -0.1) is 0 Å². The molecule has 0 radical (unpaired) electrons. The van der Waals surface area contributed by atoms with Crippen LogP contribution in [-0.2, 0) is 17.6 Å². The lowest BCUT2D eigenvalue weighted by atomic mass is 10.0. The van der Waals surface area contributed by atoms with Crippen LogP contribution in [0.2, 0.25) is 0 Å². The maximum absolute atomic E-state index is 10.6. The van der Waals surface area contributed by atoms with E-state index >= 15 is 0 Å². The van der Waals surface area contributed by atoms with Crippen molar-refractivity contribution in [1.82, 2.24) is 0 Å². The van der Waals surface area contributed by atoms with Gasteiger partial charge in [-0.05, 0) is 36.1 Å². The highest BCUT2D eigenvalue weighted by molar-refractivity contribution is 9.10. The van der Waals surface area contributed by atoms with E-state index < -0.39 is 12.0 Å². The first kappa shape index (κ1) is 12.2. The highest BCUT2D eigenvalue weighted by atomic mass is 79.9. The highest BCUT2D eigenvalue weighted by Gasteiger charge is 2.12. The molecular weight excluding hydrogens is 258 g/mol. The van der Waals surface area contributed by atoms with Crippen LogP contribution in [0.3, 0.4) is 0 Å². The molecule has 3 N–H and O–H groups in total. The zero-order valence-corrected chi connectivity index (χ0v) is 10.1. The maximum atomic E-state index is 10.6. The molecule has 0 amide bonds. The number of hydrogen-bond donors (Lipinski definition) is 2. The maximum Gasteiger partial charge on any atom is 0.320 e. The standard InChI is InChI=1S/C11H14BrNO2/c1-2-7-3-8(5-9(12)4-7)6-10(13)11(14)15/h3-5,10H,2,6,13H2,1H3,(H,14,15). The van der Waals surface area contributed by atoms with Gasteiger partial charge in [0.15, 0.2) is 0 Å². The third-order valence-electron chi connectivity index (χ3n) is 2.20. The van der Waals surface area contributed by atoms with Gasteiger partial charge >= 0.3 is 5.97 Å². The lowest BCUT2D eigenvalue weighted by molar-refractivity contribution is -0.138. The fourth-order valence-electron chi connectivity index (χ4n) is 1.38. The summed E-state index contributed by atoms with van der Waals surface area (Å²) < 4.78 is 0.967. The van der Waals surface area contributed by atoms with E-state index in [1.165, 1.54) is 5.56 Å². The van der Waals surface area contributed by atoms with Crippen LogP contribution in [0.1, 0.15) is 18.1 Å². The summed E-state index contributed by atoms with van der Waals surface area (Å²) in [4.78, 5) is 10.6. The summed E-state index contributed by atoms with van der Waals surface area (Å²) in [5, 5.41) is 8.70. The van der Waals surface area contributed by atoms with Gasteiger partial charge in [-0.3, -0.25) is 4.79 Å². The fraction of sp³-hybridized carbons (Fsp3) is 0.364. The van der Waals surface area contributed by atoms with E-state index in [1.807, 2.05) is 18.2 Å².